The van der Waals surface area contributed by atoms with Crippen molar-refractivity contribution in [1.29, 1.82) is 0 Å². The quantitative estimate of drug-likeness (QED) is 0.841. The van der Waals surface area contributed by atoms with Crippen LogP contribution >= 0.6 is 0 Å². The number of aliphatic hydroxyl groups is 1. The first-order chi connectivity index (χ1) is 10.1. The summed E-state index contributed by atoms with van der Waals surface area (Å²) in [5.74, 6) is 0.217. The van der Waals surface area contributed by atoms with Crippen LogP contribution in [0.4, 0.5) is 0 Å². The molecular formula is C16H20N2O3. The Labute approximate surface area is 123 Å². The van der Waals surface area contributed by atoms with Gasteiger partial charge in [0.15, 0.2) is 0 Å². The van der Waals surface area contributed by atoms with E-state index < -0.39 is 5.60 Å². The number of benzene rings is 1. The fourth-order valence-electron chi connectivity index (χ4n) is 2.80. The minimum Gasteiger partial charge on any atom is -0.386 e. The second-order valence-corrected chi connectivity index (χ2v) is 6.00. The number of carbonyl (C=O) groups excluding carboxylic acids is 2. The standard InChI is InChI=1S/C16H20N2O3/c19-14(18-10-16(21,11-18)13-6-7-13)8-9-17-15(20)12-4-2-1-3-5-12/h1-5,13,21H,6-11H2,(H,17,20). The predicted molar refractivity (Wildman–Crippen MR) is 77.6 cm³/mol. The molecule has 0 unspecified atom stereocenters. The lowest BCUT2D eigenvalue weighted by atomic mass is 9.88. The minimum atomic E-state index is -0.636. The first kappa shape index (κ1) is 14.1. The molecule has 1 saturated carbocycles. The third-order valence-electron chi connectivity index (χ3n) is 4.28. The number of hydrogen-bond donors (Lipinski definition) is 2. The number of likely N-dealkylation sites (tertiary alicyclic amines) is 1. The largest absolute Gasteiger partial charge is 0.386 e. The van der Waals surface area contributed by atoms with Gasteiger partial charge in [-0.3, -0.25) is 9.59 Å². The summed E-state index contributed by atoms with van der Waals surface area (Å²) in [5, 5.41) is 12.9. The first-order valence-electron chi connectivity index (χ1n) is 7.42. The fourth-order valence-corrected chi connectivity index (χ4v) is 2.80. The van der Waals surface area contributed by atoms with Gasteiger partial charge < -0.3 is 15.3 Å². The number of β-amino-alcohol motifs (C(OH)–C–C–N with tert-alkyl or cyclic N) is 1. The summed E-state index contributed by atoms with van der Waals surface area (Å²) < 4.78 is 0. The highest BCUT2D eigenvalue weighted by molar-refractivity contribution is 5.94. The van der Waals surface area contributed by atoms with Crippen molar-refractivity contribution in [3.05, 3.63) is 35.9 Å². The van der Waals surface area contributed by atoms with Crippen LogP contribution in [0, 0.1) is 5.92 Å². The molecule has 1 aliphatic heterocycles. The lowest BCUT2D eigenvalue weighted by Gasteiger charge is -2.47. The summed E-state index contributed by atoms with van der Waals surface area (Å²) in [4.78, 5) is 25.4. The second-order valence-electron chi connectivity index (χ2n) is 6.00. The average Bonchev–Trinajstić information content (AvgIpc) is 3.29. The molecule has 0 radical (unpaired) electrons. The highest BCUT2D eigenvalue weighted by Gasteiger charge is 2.52. The van der Waals surface area contributed by atoms with Crippen LogP contribution in [0.2, 0.25) is 0 Å². The first-order valence-corrected chi connectivity index (χ1v) is 7.42. The summed E-state index contributed by atoms with van der Waals surface area (Å²) in [5.41, 5.74) is -0.0415. The van der Waals surface area contributed by atoms with E-state index in [0.29, 0.717) is 31.1 Å². The van der Waals surface area contributed by atoms with Crippen LogP contribution in [-0.2, 0) is 4.79 Å². The van der Waals surface area contributed by atoms with E-state index in [-0.39, 0.29) is 18.2 Å². The van der Waals surface area contributed by atoms with E-state index in [0.717, 1.165) is 12.8 Å². The molecule has 1 aromatic rings. The summed E-state index contributed by atoms with van der Waals surface area (Å²) in [6.45, 7) is 1.22. The molecule has 2 fully saturated rings. The van der Waals surface area contributed by atoms with Crippen molar-refractivity contribution in [3.8, 4) is 0 Å². The van der Waals surface area contributed by atoms with Crippen LogP contribution in [0.5, 0.6) is 0 Å². The Kier molecular flexibility index (Phi) is 3.68. The number of nitrogens with zero attached hydrogens (tertiary/aromatic N) is 1. The predicted octanol–water partition coefficient (Wildman–Crippen LogP) is 0.790. The van der Waals surface area contributed by atoms with Crippen molar-refractivity contribution in [2.45, 2.75) is 24.9 Å². The zero-order chi connectivity index (χ0) is 14.9. The summed E-state index contributed by atoms with van der Waals surface area (Å²) in [7, 11) is 0. The second kappa shape index (κ2) is 5.48. The number of amides is 2. The molecule has 2 N–H and O–H groups in total. The van der Waals surface area contributed by atoms with Gasteiger partial charge in [-0.25, -0.2) is 0 Å². The SMILES string of the molecule is O=C(NCCC(=O)N1CC(O)(C2CC2)C1)c1ccccc1. The Morgan fingerprint density at radius 1 is 1.24 bits per heavy atom. The van der Waals surface area contributed by atoms with E-state index in [1.165, 1.54) is 0 Å². The smallest absolute Gasteiger partial charge is 0.251 e. The number of rotatable bonds is 5. The summed E-state index contributed by atoms with van der Waals surface area (Å²) >= 11 is 0. The molecule has 3 rings (SSSR count). The Balaban J connectivity index is 1.38. The van der Waals surface area contributed by atoms with Gasteiger partial charge in [0.1, 0.15) is 5.60 Å². The highest BCUT2D eigenvalue weighted by Crippen LogP contribution is 2.44. The molecule has 1 heterocycles. The van der Waals surface area contributed by atoms with Gasteiger partial charge in [-0.2, -0.15) is 0 Å². The van der Waals surface area contributed by atoms with Crippen molar-refractivity contribution >= 4 is 11.8 Å². The van der Waals surface area contributed by atoms with Gasteiger partial charge in [-0.15, -0.1) is 0 Å². The van der Waals surface area contributed by atoms with Crippen LogP contribution in [0.1, 0.15) is 29.6 Å². The molecule has 5 heteroatoms. The molecular weight excluding hydrogens is 268 g/mol. The van der Waals surface area contributed by atoms with E-state index >= 15 is 0 Å². The zero-order valence-corrected chi connectivity index (χ0v) is 11.9. The van der Waals surface area contributed by atoms with Gasteiger partial charge in [-0.05, 0) is 30.9 Å². The lowest BCUT2D eigenvalue weighted by Crippen LogP contribution is -2.64. The monoisotopic (exact) mass is 288 g/mol. The molecule has 1 aliphatic carbocycles. The van der Waals surface area contributed by atoms with Crippen molar-refractivity contribution in [3.63, 3.8) is 0 Å². The van der Waals surface area contributed by atoms with Gasteiger partial charge in [0.25, 0.3) is 5.91 Å². The Hall–Kier alpha value is -1.88. The molecule has 112 valence electrons. The van der Waals surface area contributed by atoms with Crippen LogP contribution in [0.3, 0.4) is 0 Å². The van der Waals surface area contributed by atoms with Crippen LogP contribution in [0.25, 0.3) is 0 Å². The third kappa shape index (κ3) is 3.08. The van der Waals surface area contributed by atoms with E-state index in [1.807, 2.05) is 6.07 Å². The van der Waals surface area contributed by atoms with Gasteiger partial charge in [-0.1, -0.05) is 18.2 Å². The van der Waals surface area contributed by atoms with Gasteiger partial charge in [0.2, 0.25) is 5.91 Å². The van der Waals surface area contributed by atoms with Crippen LogP contribution < -0.4 is 5.32 Å². The van der Waals surface area contributed by atoms with Crippen molar-refractivity contribution in [2.24, 2.45) is 5.92 Å². The normalized spacial score (nSPS) is 19.8. The van der Waals surface area contributed by atoms with E-state index in [9.17, 15) is 14.7 Å². The Morgan fingerprint density at radius 3 is 2.52 bits per heavy atom. The molecule has 5 nitrogen and oxygen atoms in total. The van der Waals surface area contributed by atoms with E-state index in [1.54, 1.807) is 29.2 Å². The van der Waals surface area contributed by atoms with Gasteiger partial charge >= 0.3 is 0 Å². The summed E-state index contributed by atoms with van der Waals surface area (Å²) in [6.07, 6.45) is 2.43. The topological polar surface area (TPSA) is 69.6 Å². The maximum atomic E-state index is 11.9. The maximum absolute atomic E-state index is 11.9. The van der Waals surface area contributed by atoms with E-state index in [2.05, 4.69) is 5.32 Å². The van der Waals surface area contributed by atoms with Crippen molar-refractivity contribution in [2.75, 3.05) is 19.6 Å². The minimum absolute atomic E-state index is 0.00585. The lowest BCUT2D eigenvalue weighted by molar-refractivity contribution is -0.159. The molecule has 1 saturated heterocycles. The zero-order valence-electron chi connectivity index (χ0n) is 11.9. The van der Waals surface area contributed by atoms with Crippen LogP contribution in [0.15, 0.2) is 30.3 Å². The number of hydrogen-bond acceptors (Lipinski definition) is 3. The number of nitrogens with one attached hydrogen (secondary N) is 1. The fraction of sp³-hybridized carbons (Fsp3) is 0.500. The van der Waals surface area contributed by atoms with Gasteiger partial charge in [0.05, 0.1) is 13.1 Å². The molecule has 0 spiro atoms. The molecule has 2 amide bonds. The van der Waals surface area contributed by atoms with Crippen molar-refractivity contribution in [1.82, 2.24) is 10.2 Å². The van der Waals surface area contributed by atoms with Crippen LogP contribution in [-0.4, -0.2) is 47.1 Å². The molecule has 2 aliphatic rings. The number of carbonyl (C=O) groups is 2. The molecule has 0 aromatic heterocycles. The molecule has 1 aromatic carbocycles. The molecule has 0 atom stereocenters. The Bertz CT molecular complexity index is 534. The molecule has 0 bridgehead atoms. The maximum Gasteiger partial charge on any atom is 0.251 e. The highest BCUT2D eigenvalue weighted by atomic mass is 16.3. The van der Waals surface area contributed by atoms with Crippen molar-refractivity contribution < 1.29 is 14.7 Å². The average molecular weight is 288 g/mol. The van der Waals surface area contributed by atoms with E-state index in [4.69, 9.17) is 0 Å². The van der Waals surface area contributed by atoms with Gasteiger partial charge in [0, 0.05) is 18.5 Å². The Morgan fingerprint density at radius 2 is 1.90 bits per heavy atom. The third-order valence-corrected chi connectivity index (χ3v) is 4.28. The molecule has 21 heavy (non-hydrogen) atoms. The summed E-state index contributed by atoms with van der Waals surface area (Å²) in [6, 6.07) is 8.94.